The predicted octanol–water partition coefficient (Wildman–Crippen LogP) is 4.21. The van der Waals surface area contributed by atoms with Crippen LogP contribution in [0.25, 0.3) is 21.3 Å². The molecule has 8 nitrogen and oxygen atoms in total. The Hall–Kier alpha value is -3.46. The standard InChI is InChI=1S/C22H23N7OS/c1-3-18(30)29-8-4-5-15(11-29)25-21-19-13(2)10-23-20(19)27-22(28-21)26-14-6-7-16-17(9-14)31-12-24-16/h3,6-7,9-10,12,15H,1,4-5,8,11H2,2H3,(H3,23,25,26,27,28). The number of piperidine rings is 1. The Balaban J connectivity index is 1.44. The first-order valence-corrected chi connectivity index (χ1v) is 11.1. The van der Waals surface area contributed by atoms with Gasteiger partial charge in [-0.2, -0.15) is 9.97 Å². The third-order valence-corrected chi connectivity index (χ3v) is 6.36. The van der Waals surface area contributed by atoms with Crippen LogP contribution in [0.5, 0.6) is 0 Å². The van der Waals surface area contributed by atoms with Crippen LogP contribution in [0.15, 0.2) is 42.6 Å². The summed E-state index contributed by atoms with van der Waals surface area (Å²) < 4.78 is 1.11. The fourth-order valence-electron chi connectivity index (χ4n) is 4.03. The minimum atomic E-state index is -0.0297. The lowest BCUT2D eigenvalue weighted by Gasteiger charge is -2.33. The average molecular weight is 434 g/mol. The van der Waals surface area contributed by atoms with E-state index in [2.05, 4.69) is 32.2 Å². The van der Waals surface area contributed by atoms with Gasteiger partial charge in [-0.05, 0) is 49.6 Å². The molecule has 0 spiro atoms. The molecule has 0 saturated carbocycles. The van der Waals surface area contributed by atoms with Gasteiger partial charge in [0, 0.05) is 31.0 Å². The third-order valence-electron chi connectivity index (χ3n) is 5.56. The van der Waals surface area contributed by atoms with Crippen LogP contribution in [0, 0.1) is 6.92 Å². The summed E-state index contributed by atoms with van der Waals surface area (Å²) in [5.41, 5.74) is 5.57. The lowest BCUT2D eigenvalue weighted by atomic mass is 10.1. The number of rotatable bonds is 5. The summed E-state index contributed by atoms with van der Waals surface area (Å²) >= 11 is 1.60. The zero-order valence-electron chi connectivity index (χ0n) is 17.2. The number of carbonyl (C=O) groups is 1. The Labute approximate surface area is 183 Å². The number of anilines is 3. The molecular formula is C22H23N7OS. The number of amides is 1. The molecule has 1 amide bonds. The molecule has 0 aliphatic carbocycles. The summed E-state index contributed by atoms with van der Waals surface area (Å²) in [6.07, 6.45) is 5.23. The van der Waals surface area contributed by atoms with Crippen molar-refractivity contribution in [1.82, 2.24) is 24.8 Å². The second kappa shape index (κ2) is 7.99. The van der Waals surface area contributed by atoms with E-state index in [4.69, 9.17) is 4.98 Å². The van der Waals surface area contributed by atoms with E-state index in [0.717, 1.165) is 57.7 Å². The highest BCUT2D eigenvalue weighted by Crippen LogP contribution is 2.29. The molecule has 0 radical (unpaired) electrons. The molecule has 1 aliphatic rings. The van der Waals surface area contributed by atoms with Gasteiger partial charge in [0.2, 0.25) is 11.9 Å². The number of nitrogens with zero attached hydrogens (tertiary/aromatic N) is 4. The molecule has 31 heavy (non-hydrogen) atoms. The minimum absolute atomic E-state index is 0.0297. The molecule has 1 fully saturated rings. The third kappa shape index (κ3) is 3.84. The molecule has 1 unspecified atom stereocenters. The maximum Gasteiger partial charge on any atom is 0.246 e. The van der Waals surface area contributed by atoms with Gasteiger partial charge >= 0.3 is 0 Å². The molecule has 3 N–H and O–H groups in total. The SMILES string of the molecule is C=CC(=O)N1CCCC(Nc2nc(Nc3ccc4ncsc4c3)nc3[nH]cc(C)c23)C1. The van der Waals surface area contributed by atoms with Crippen molar-refractivity contribution in [1.29, 1.82) is 0 Å². The largest absolute Gasteiger partial charge is 0.365 e. The number of carbonyl (C=O) groups excluding carboxylic acids is 1. The lowest BCUT2D eigenvalue weighted by molar-refractivity contribution is -0.127. The van der Waals surface area contributed by atoms with Crippen LogP contribution in [-0.4, -0.2) is 49.9 Å². The van der Waals surface area contributed by atoms with E-state index in [9.17, 15) is 4.79 Å². The number of likely N-dealkylation sites (tertiary alicyclic amines) is 1. The molecule has 4 aromatic rings. The van der Waals surface area contributed by atoms with Crippen molar-refractivity contribution >= 4 is 55.9 Å². The van der Waals surface area contributed by atoms with E-state index in [1.807, 2.05) is 41.7 Å². The van der Waals surface area contributed by atoms with Gasteiger partial charge in [0.15, 0.2) is 0 Å². The Morgan fingerprint density at radius 3 is 3.16 bits per heavy atom. The van der Waals surface area contributed by atoms with Gasteiger partial charge in [0.25, 0.3) is 0 Å². The van der Waals surface area contributed by atoms with Crippen molar-refractivity contribution in [3.05, 3.63) is 48.1 Å². The quantitative estimate of drug-likeness (QED) is 0.408. The number of nitrogens with one attached hydrogen (secondary N) is 3. The van der Waals surface area contributed by atoms with Crippen LogP contribution in [0.4, 0.5) is 17.5 Å². The fraction of sp³-hybridized carbons (Fsp3) is 0.273. The lowest BCUT2D eigenvalue weighted by Crippen LogP contribution is -2.44. The number of aryl methyl sites for hydroxylation is 1. The molecule has 1 aromatic carbocycles. The van der Waals surface area contributed by atoms with Crippen LogP contribution in [-0.2, 0) is 4.79 Å². The molecule has 1 saturated heterocycles. The number of hydrogen-bond acceptors (Lipinski definition) is 7. The highest BCUT2D eigenvalue weighted by molar-refractivity contribution is 7.16. The predicted molar refractivity (Wildman–Crippen MR) is 125 cm³/mol. The number of fused-ring (bicyclic) bond motifs is 2. The maximum absolute atomic E-state index is 12.1. The molecule has 0 bridgehead atoms. The van der Waals surface area contributed by atoms with Gasteiger partial charge in [0.1, 0.15) is 11.5 Å². The van der Waals surface area contributed by atoms with Crippen molar-refractivity contribution in [2.75, 3.05) is 23.7 Å². The first kappa shape index (κ1) is 19.5. The number of H-pyrrole nitrogens is 1. The Morgan fingerprint density at radius 2 is 2.29 bits per heavy atom. The van der Waals surface area contributed by atoms with Crippen LogP contribution in [0.3, 0.4) is 0 Å². The number of thiazole rings is 1. The molecule has 4 heterocycles. The second-order valence-corrected chi connectivity index (χ2v) is 8.61. The molecule has 158 valence electrons. The van der Waals surface area contributed by atoms with E-state index >= 15 is 0 Å². The van der Waals surface area contributed by atoms with E-state index in [1.165, 1.54) is 6.08 Å². The Kier molecular flexibility index (Phi) is 5.03. The summed E-state index contributed by atoms with van der Waals surface area (Å²) in [7, 11) is 0. The number of hydrogen-bond donors (Lipinski definition) is 3. The molecule has 9 heteroatoms. The van der Waals surface area contributed by atoms with Crippen LogP contribution >= 0.6 is 11.3 Å². The molecule has 1 aliphatic heterocycles. The van der Waals surface area contributed by atoms with Crippen molar-refractivity contribution in [3.8, 4) is 0 Å². The van der Waals surface area contributed by atoms with E-state index in [-0.39, 0.29) is 11.9 Å². The molecule has 1 atom stereocenters. The summed E-state index contributed by atoms with van der Waals surface area (Å²) in [4.78, 5) is 30.9. The summed E-state index contributed by atoms with van der Waals surface area (Å²) in [5, 5.41) is 7.85. The van der Waals surface area contributed by atoms with Gasteiger partial charge in [-0.3, -0.25) is 4.79 Å². The highest BCUT2D eigenvalue weighted by Gasteiger charge is 2.24. The number of aromatic nitrogens is 4. The van der Waals surface area contributed by atoms with Gasteiger partial charge in [-0.15, -0.1) is 11.3 Å². The van der Waals surface area contributed by atoms with Gasteiger partial charge in [-0.1, -0.05) is 6.58 Å². The topological polar surface area (TPSA) is 98.8 Å². The van der Waals surface area contributed by atoms with Crippen LogP contribution in [0.1, 0.15) is 18.4 Å². The van der Waals surface area contributed by atoms with Crippen LogP contribution in [0.2, 0.25) is 0 Å². The van der Waals surface area contributed by atoms with Crippen molar-refractivity contribution in [3.63, 3.8) is 0 Å². The maximum atomic E-state index is 12.1. The molecule has 3 aromatic heterocycles. The highest BCUT2D eigenvalue weighted by atomic mass is 32.1. The van der Waals surface area contributed by atoms with Crippen molar-refractivity contribution < 1.29 is 4.79 Å². The first-order chi connectivity index (χ1) is 15.1. The van der Waals surface area contributed by atoms with Crippen LogP contribution < -0.4 is 10.6 Å². The fourth-order valence-corrected chi connectivity index (χ4v) is 4.74. The van der Waals surface area contributed by atoms with Gasteiger partial charge in [0.05, 0.1) is 21.1 Å². The average Bonchev–Trinajstić information content (AvgIpc) is 3.39. The monoisotopic (exact) mass is 433 g/mol. The number of benzene rings is 1. The summed E-state index contributed by atoms with van der Waals surface area (Å²) in [5.74, 6) is 1.25. The molecular weight excluding hydrogens is 410 g/mol. The Bertz CT molecular complexity index is 1280. The minimum Gasteiger partial charge on any atom is -0.365 e. The van der Waals surface area contributed by atoms with Crippen molar-refractivity contribution in [2.24, 2.45) is 0 Å². The van der Waals surface area contributed by atoms with E-state index in [0.29, 0.717) is 12.5 Å². The van der Waals surface area contributed by atoms with Crippen molar-refractivity contribution in [2.45, 2.75) is 25.8 Å². The Morgan fingerprint density at radius 1 is 1.39 bits per heavy atom. The molecule has 5 rings (SSSR count). The smallest absolute Gasteiger partial charge is 0.246 e. The van der Waals surface area contributed by atoms with E-state index < -0.39 is 0 Å². The normalized spacial score (nSPS) is 16.5. The number of aromatic amines is 1. The second-order valence-electron chi connectivity index (χ2n) is 7.72. The summed E-state index contributed by atoms with van der Waals surface area (Å²) in [6.45, 7) is 7.04. The van der Waals surface area contributed by atoms with E-state index in [1.54, 1.807) is 11.3 Å². The summed E-state index contributed by atoms with van der Waals surface area (Å²) in [6, 6.07) is 6.12. The zero-order valence-corrected chi connectivity index (χ0v) is 18.0. The van der Waals surface area contributed by atoms with Gasteiger partial charge < -0.3 is 20.5 Å². The first-order valence-electron chi connectivity index (χ1n) is 10.2. The van der Waals surface area contributed by atoms with Gasteiger partial charge in [-0.25, -0.2) is 4.98 Å². The zero-order chi connectivity index (χ0) is 21.4.